The number of hydrogen-bond acceptors (Lipinski definition) is 1. The van der Waals surface area contributed by atoms with Gasteiger partial charge in [0.25, 0.3) is 0 Å². The molecule has 0 spiro atoms. The summed E-state index contributed by atoms with van der Waals surface area (Å²) < 4.78 is 0. The van der Waals surface area contributed by atoms with E-state index in [0.717, 1.165) is 17.9 Å². The van der Waals surface area contributed by atoms with Crippen molar-refractivity contribution in [3.8, 4) is 0 Å². The summed E-state index contributed by atoms with van der Waals surface area (Å²) in [6.45, 7) is 7.60. The van der Waals surface area contributed by atoms with Gasteiger partial charge in [-0.25, -0.2) is 0 Å². The highest BCUT2D eigenvalue weighted by molar-refractivity contribution is 4.79. The summed E-state index contributed by atoms with van der Waals surface area (Å²) in [4.78, 5) is 2.76. The number of likely N-dealkylation sites (tertiary alicyclic amines) is 1. The third-order valence-electron chi connectivity index (χ3n) is 4.49. The molecule has 0 aromatic rings. The standard InChI is InChI=1S/C14H27N/c1-12-8-9-15(13(2)10-12)11-14-6-4-3-5-7-14/h12-14H,3-11H2,1-2H3. The van der Waals surface area contributed by atoms with Crippen molar-refractivity contribution >= 4 is 0 Å². The maximum atomic E-state index is 2.76. The van der Waals surface area contributed by atoms with Gasteiger partial charge in [-0.15, -0.1) is 0 Å². The van der Waals surface area contributed by atoms with Crippen molar-refractivity contribution in [3.05, 3.63) is 0 Å². The molecule has 2 rings (SSSR count). The molecule has 15 heavy (non-hydrogen) atoms. The SMILES string of the molecule is CC1CCN(CC2CCCCC2)C(C)C1. The van der Waals surface area contributed by atoms with Crippen molar-refractivity contribution in [2.45, 2.75) is 64.8 Å². The third kappa shape index (κ3) is 3.21. The smallest absolute Gasteiger partial charge is 0.00695 e. The van der Waals surface area contributed by atoms with E-state index in [4.69, 9.17) is 0 Å². The van der Waals surface area contributed by atoms with Gasteiger partial charge in [0.1, 0.15) is 0 Å². The Hall–Kier alpha value is -0.0400. The lowest BCUT2D eigenvalue weighted by Crippen LogP contribution is -2.43. The van der Waals surface area contributed by atoms with E-state index in [9.17, 15) is 0 Å². The van der Waals surface area contributed by atoms with E-state index < -0.39 is 0 Å². The minimum absolute atomic E-state index is 0.843. The molecule has 0 bridgehead atoms. The lowest BCUT2D eigenvalue weighted by Gasteiger charge is -2.39. The molecule has 2 unspecified atom stereocenters. The second-order valence-electron chi connectivity index (χ2n) is 5.98. The molecule has 1 nitrogen and oxygen atoms in total. The summed E-state index contributed by atoms with van der Waals surface area (Å²) in [6, 6.07) is 0.843. The van der Waals surface area contributed by atoms with Crippen molar-refractivity contribution in [2.75, 3.05) is 13.1 Å². The first-order chi connectivity index (χ1) is 7.25. The first-order valence-electron chi connectivity index (χ1n) is 6.99. The summed E-state index contributed by atoms with van der Waals surface area (Å²) in [7, 11) is 0. The highest BCUT2D eigenvalue weighted by Gasteiger charge is 2.25. The molecule has 2 atom stereocenters. The van der Waals surface area contributed by atoms with Crippen LogP contribution in [0, 0.1) is 11.8 Å². The van der Waals surface area contributed by atoms with E-state index in [1.807, 2.05) is 0 Å². The molecular weight excluding hydrogens is 182 g/mol. The van der Waals surface area contributed by atoms with Gasteiger partial charge in [0.15, 0.2) is 0 Å². The van der Waals surface area contributed by atoms with Crippen LogP contribution in [0.2, 0.25) is 0 Å². The van der Waals surface area contributed by atoms with E-state index in [-0.39, 0.29) is 0 Å². The predicted octanol–water partition coefficient (Wildman–Crippen LogP) is 3.69. The summed E-state index contributed by atoms with van der Waals surface area (Å²) in [6.07, 6.45) is 10.3. The maximum Gasteiger partial charge on any atom is 0.00695 e. The first-order valence-corrected chi connectivity index (χ1v) is 6.99. The Bertz CT molecular complexity index is 184. The van der Waals surface area contributed by atoms with Gasteiger partial charge >= 0.3 is 0 Å². The Morgan fingerprint density at radius 3 is 2.40 bits per heavy atom. The van der Waals surface area contributed by atoms with E-state index >= 15 is 0 Å². The highest BCUT2D eigenvalue weighted by Crippen LogP contribution is 2.28. The zero-order valence-corrected chi connectivity index (χ0v) is 10.5. The Labute approximate surface area is 95.2 Å². The monoisotopic (exact) mass is 209 g/mol. The van der Waals surface area contributed by atoms with Crippen LogP contribution in [0.3, 0.4) is 0 Å². The second kappa shape index (κ2) is 5.34. The second-order valence-corrected chi connectivity index (χ2v) is 5.98. The van der Waals surface area contributed by atoms with Crippen molar-refractivity contribution in [3.63, 3.8) is 0 Å². The fraction of sp³-hybridized carbons (Fsp3) is 1.00. The Balaban J connectivity index is 1.77. The maximum absolute atomic E-state index is 2.76. The molecule has 1 saturated heterocycles. The van der Waals surface area contributed by atoms with Crippen molar-refractivity contribution in [1.82, 2.24) is 4.90 Å². The largest absolute Gasteiger partial charge is 0.300 e. The highest BCUT2D eigenvalue weighted by atomic mass is 15.2. The fourth-order valence-electron chi connectivity index (χ4n) is 3.43. The molecule has 0 radical (unpaired) electrons. The summed E-state index contributed by atoms with van der Waals surface area (Å²) in [5.41, 5.74) is 0. The fourth-order valence-corrected chi connectivity index (χ4v) is 3.43. The molecule has 1 aliphatic carbocycles. The van der Waals surface area contributed by atoms with Gasteiger partial charge in [-0.05, 0) is 51.0 Å². The van der Waals surface area contributed by atoms with E-state index in [1.54, 1.807) is 0 Å². The van der Waals surface area contributed by atoms with Crippen LogP contribution >= 0.6 is 0 Å². The zero-order chi connectivity index (χ0) is 10.7. The van der Waals surface area contributed by atoms with Gasteiger partial charge in [-0.3, -0.25) is 0 Å². The average molecular weight is 209 g/mol. The minimum atomic E-state index is 0.843. The van der Waals surface area contributed by atoms with Crippen molar-refractivity contribution in [1.29, 1.82) is 0 Å². The number of rotatable bonds is 2. The zero-order valence-electron chi connectivity index (χ0n) is 10.5. The van der Waals surface area contributed by atoms with Gasteiger partial charge in [-0.2, -0.15) is 0 Å². The topological polar surface area (TPSA) is 3.24 Å². The average Bonchev–Trinajstić information content (AvgIpc) is 2.24. The minimum Gasteiger partial charge on any atom is -0.300 e. The van der Waals surface area contributed by atoms with Crippen LogP contribution in [0.5, 0.6) is 0 Å². The van der Waals surface area contributed by atoms with Crippen LogP contribution < -0.4 is 0 Å². The molecule has 88 valence electrons. The lowest BCUT2D eigenvalue weighted by molar-refractivity contribution is 0.0998. The Morgan fingerprint density at radius 2 is 1.73 bits per heavy atom. The Kier molecular flexibility index (Phi) is 4.07. The van der Waals surface area contributed by atoms with Crippen LogP contribution in [0.15, 0.2) is 0 Å². The van der Waals surface area contributed by atoms with Crippen LogP contribution in [-0.2, 0) is 0 Å². The molecule has 0 N–H and O–H groups in total. The molecule has 0 aromatic heterocycles. The molecule has 0 aromatic carbocycles. The summed E-state index contributed by atoms with van der Waals surface area (Å²) in [5, 5.41) is 0. The molecule has 2 aliphatic rings. The van der Waals surface area contributed by atoms with Gasteiger partial charge in [0.05, 0.1) is 0 Å². The molecule has 1 heteroatoms. The predicted molar refractivity (Wildman–Crippen MR) is 66.0 cm³/mol. The van der Waals surface area contributed by atoms with Crippen LogP contribution in [0.25, 0.3) is 0 Å². The number of nitrogens with zero attached hydrogens (tertiary/aromatic N) is 1. The van der Waals surface area contributed by atoms with Crippen LogP contribution in [0.1, 0.15) is 58.8 Å². The van der Waals surface area contributed by atoms with Gasteiger partial charge in [0.2, 0.25) is 0 Å². The quantitative estimate of drug-likeness (QED) is 0.670. The summed E-state index contributed by atoms with van der Waals surface area (Å²) in [5.74, 6) is 1.98. The first kappa shape index (κ1) is 11.4. The molecule has 2 fully saturated rings. The molecular formula is C14H27N. The third-order valence-corrected chi connectivity index (χ3v) is 4.49. The van der Waals surface area contributed by atoms with Gasteiger partial charge in [0, 0.05) is 12.6 Å². The van der Waals surface area contributed by atoms with Crippen LogP contribution in [0.4, 0.5) is 0 Å². The molecule has 0 amide bonds. The van der Waals surface area contributed by atoms with Crippen LogP contribution in [-0.4, -0.2) is 24.0 Å². The summed E-state index contributed by atoms with van der Waals surface area (Å²) >= 11 is 0. The van der Waals surface area contributed by atoms with Gasteiger partial charge < -0.3 is 4.90 Å². The van der Waals surface area contributed by atoms with E-state index in [2.05, 4.69) is 18.7 Å². The molecule has 1 heterocycles. The van der Waals surface area contributed by atoms with Gasteiger partial charge in [-0.1, -0.05) is 26.2 Å². The van der Waals surface area contributed by atoms with E-state index in [1.165, 1.54) is 58.0 Å². The van der Waals surface area contributed by atoms with Crippen molar-refractivity contribution < 1.29 is 0 Å². The lowest BCUT2D eigenvalue weighted by atomic mass is 9.87. The molecule has 1 saturated carbocycles. The Morgan fingerprint density at radius 1 is 1.00 bits per heavy atom. The molecule has 1 aliphatic heterocycles. The van der Waals surface area contributed by atoms with Crippen molar-refractivity contribution in [2.24, 2.45) is 11.8 Å². The number of piperidine rings is 1. The number of hydrogen-bond donors (Lipinski definition) is 0. The normalized spacial score (nSPS) is 35.6. The van der Waals surface area contributed by atoms with E-state index in [0.29, 0.717) is 0 Å².